The van der Waals surface area contributed by atoms with Crippen molar-refractivity contribution in [1.29, 1.82) is 0 Å². The highest BCUT2D eigenvalue weighted by Crippen LogP contribution is 2.33. The molecule has 1 aliphatic carbocycles. The summed E-state index contributed by atoms with van der Waals surface area (Å²) in [5.41, 5.74) is 7.44. The zero-order valence-electron chi connectivity index (χ0n) is 24.2. The summed E-state index contributed by atoms with van der Waals surface area (Å²) in [6, 6.07) is 29.3. The lowest BCUT2D eigenvalue weighted by Crippen LogP contribution is -2.71. The molecule has 0 nitrogen and oxygen atoms in total. The fourth-order valence-corrected chi connectivity index (χ4v) is 11.0. The molecule has 0 aliphatic heterocycles. The second-order valence-corrected chi connectivity index (χ2v) is 14.7. The highest BCUT2D eigenvalue weighted by Gasteiger charge is 2.47. The van der Waals surface area contributed by atoms with Gasteiger partial charge in [-0.1, -0.05) is 144 Å². The molecule has 0 bridgehead atoms. The number of hydrogen-bond acceptors (Lipinski definition) is 0. The van der Waals surface area contributed by atoms with Crippen LogP contribution in [0.5, 0.6) is 0 Å². The first-order valence-corrected chi connectivity index (χ1v) is 17.2. The molecule has 0 fully saturated rings. The van der Waals surface area contributed by atoms with Crippen molar-refractivity contribution in [3.05, 3.63) is 119 Å². The van der Waals surface area contributed by atoms with Gasteiger partial charge in [-0.2, -0.15) is 0 Å². The van der Waals surface area contributed by atoms with Gasteiger partial charge in [0.2, 0.25) is 0 Å². The minimum absolute atomic E-state index is 1.06. The van der Waals surface area contributed by atoms with Crippen LogP contribution in [0.2, 0.25) is 0 Å². The molecule has 199 valence electrons. The fraction of sp³-hybridized carbons (Fsp3) is 0.378. The topological polar surface area (TPSA) is 0 Å². The Balaban J connectivity index is 1.90. The van der Waals surface area contributed by atoms with Crippen LogP contribution in [-0.4, -0.2) is 8.07 Å². The van der Waals surface area contributed by atoms with Gasteiger partial charge in [0, 0.05) is 5.54 Å². The standard InChI is InChI=1S/C37H47Si/c1-5-9-13-30-18-24-34(25-19-30)38(37-17-12-16-33(37)8-4,35-26-20-31(21-27-35)14-10-6-2)36-28-22-32(23-29-36)15-11-7-3/h12,16-29H,5-11,13-15H2,1-4H3. The van der Waals surface area contributed by atoms with Gasteiger partial charge in [0.15, 0.2) is 8.07 Å². The van der Waals surface area contributed by atoms with E-state index in [4.69, 9.17) is 0 Å². The summed E-state index contributed by atoms with van der Waals surface area (Å²) in [6.45, 7) is 9.15. The van der Waals surface area contributed by atoms with Gasteiger partial charge in [-0.3, -0.25) is 0 Å². The van der Waals surface area contributed by atoms with E-state index >= 15 is 0 Å². The highest BCUT2D eigenvalue weighted by atomic mass is 28.3. The Morgan fingerprint density at radius 3 is 1.18 bits per heavy atom. The largest absolute Gasteiger partial charge is 0.163 e. The van der Waals surface area contributed by atoms with E-state index in [1.807, 2.05) is 0 Å². The zero-order valence-corrected chi connectivity index (χ0v) is 25.2. The number of rotatable bonds is 14. The van der Waals surface area contributed by atoms with E-state index in [9.17, 15) is 0 Å². The molecule has 0 N–H and O–H groups in total. The number of aryl methyl sites for hydroxylation is 3. The SMILES string of the molecule is CCCCc1ccc([Si]([C]2C=CC=C2CC)(c2ccc(CCCC)cc2)c2ccc(CCCC)cc2)cc1. The third-order valence-electron chi connectivity index (χ3n) is 8.31. The molecule has 0 saturated heterocycles. The quantitative estimate of drug-likeness (QED) is 0.149. The predicted molar refractivity (Wildman–Crippen MR) is 171 cm³/mol. The van der Waals surface area contributed by atoms with Crippen LogP contribution in [0, 0.1) is 5.54 Å². The molecule has 38 heavy (non-hydrogen) atoms. The average Bonchev–Trinajstić information content (AvgIpc) is 3.45. The maximum atomic E-state index is 2.47. The molecule has 0 aromatic heterocycles. The zero-order chi connectivity index (χ0) is 26.8. The van der Waals surface area contributed by atoms with Crippen LogP contribution >= 0.6 is 0 Å². The van der Waals surface area contributed by atoms with Gasteiger partial charge in [0.25, 0.3) is 0 Å². The summed E-state index contributed by atoms with van der Waals surface area (Å²) in [7, 11) is -2.48. The third-order valence-corrected chi connectivity index (χ3v) is 13.2. The lowest BCUT2D eigenvalue weighted by Gasteiger charge is -2.39. The molecule has 0 heterocycles. The van der Waals surface area contributed by atoms with Crippen molar-refractivity contribution < 1.29 is 0 Å². The molecule has 1 radical (unpaired) electrons. The van der Waals surface area contributed by atoms with Crippen LogP contribution in [0.1, 0.15) is 89.3 Å². The van der Waals surface area contributed by atoms with Crippen molar-refractivity contribution >= 4 is 23.6 Å². The van der Waals surface area contributed by atoms with E-state index < -0.39 is 8.07 Å². The number of benzene rings is 3. The van der Waals surface area contributed by atoms with Crippen LogP contribution in [0.4, 0.5) is 0 Å². The van der Waals surface area contributed by atoms with Crippen molar-refractivity contribution in [3.63, 3.8) is 0 Å². The van der Waals surface area contributed by atoms with Crippen molar-refractivity contribution in [2.45, 2.75) is 91.9 Å². The Hall–Kier alpha value is -2.64. The number of hydrogen-bond donors (Lipinski definition) is 0. The normalized spacial score (nSPS) is 13.7. The molecular formula is C37H47Si. The van der Waals surface area contributed by atoms with Crippen LogP contribution in [0.25, 0.3) is 0 Å². The Morgan fingerprint density at radius 2 is 0.868 bits per heavy atom. The minimum Gasteiger partial charge on any atom is -0.0750 e. The molecule has 0 spiro atoms. The highest BCUT2D eigenvalue weighted by molar-refractivity contribution is 7.16. The summed E-state index contributed by atoms with van der Waals surface area (Å²) >= 11 is 0. The van der Waals surface area contributed by atoms with Crippen LogP contribution < -0.4 is 15.6 Å². The molecule has 0 amide bonds. The summed E-state index contributed by atoms with van der Waals surface area (Å²) < 4.78 is 0. The smallest absolute Gasteiger partial charge is 0.0750 e. The van der Waals surface area contributed by atoms with Gasteiger partial charge >= 0.3 is 0 Å². The van der Waals surface area contributed by atoms with E-state index in [0.29, 0.717) is 0 Å². The third kappa shape index (κ3) is 6.15. The van der Waals surface area contributed by atoms with E-state index in [2.05, 4.69) is 119 Å². The van der Waals surface area contributed by atoms with E-state index in [1.54, 1.807) is 5.54 Å². The molecule has 3 aromatic rings. The van der Waals surface area contributed by atoms with E-state index in [1.165, 1.54) is 95.6 Å². The summed E-state index contributed by atoms with van der Waals surface area (Å²) in [5.74, 6) is 0. The van der Waals surface area contributed by atoms with E-state index in [0.717, 1.165) is 6.42 Å². The Bertz CT molecular complexity index is 1050. The number of allylic oxidation sites excluding steroid dienone is 4. The van der Waals surface area contributed by atoms with Gasteiger partial charge in [-0.05, 0) is 77.2 Å². The second kappa shape index (κ2) is 13.9. The molecule has 0 saturated carbocycles. The van der Waals surface area contributed by atoms with Crippen LogP contribution in [0.15, 0.2) is 96.6 Å². The summed E-state index contributed by atoms with van der Waals surface area (Å²) in [5, 5.41) is 4.50. The molecule has 0 unspecified atom stereocenters. The van der Waals surface area contributed by atoms with Crippen molar-refractivity contribution in [1.82, 2.24) is 0 Å². The molecule has 0 atom stereocenters. The van der Waals surface area contributed by atoms with Gasteiger partial charge in [-0.15, -0.1) is 0 Å². The Morgan fingerprint density at radius 1 is 0.500 bits per heavy atom. The first-order valence-electron chi connectivity index (χ1n) is 15.2. The molecular weight excluding hydrogens is 472 g/mol. The monoisotopic (exact) mass is 519 g/mol. The van der Waals surface area contributed by atoms with Crippen molar-refractivity contribution in [3.8, 4) is 0 Å². The number of unbranched alkanes of at least 4 members (excludes halogenated alkanes) is 3. The molecule has 1 aliphatic rings. The lowest BCUT2D eigenvalue weighted by molar-refractivity contribution is 0.795. The van der Waals surface area contributed by atoms with Crippen molar-refractivity contribution in [2.75, 3.05) is 0 Å². The summed E-state index contributed by atoms with van der Waals surface area (Å²) in [4.78, 5) is 0. The van der Waals surface area contributed by atoms with Gasteiger partial charge in [0.1, 0.15) is 0 Å². The van der Waals surface area contributed by atoms with Gasteiger partial charge in [-0.25, -0.2) is 0 Å². The Labute approximate surface area is 233 Å². The lowest BCUT2D eigenvalue weighted by atomic mass is 10.1. The average molecular weight is 520 g/mol. The molecule has 1 heteroatoms. The predicted octanol–water partition coefficient (Wildman–Crippen LogP) is 8.20. The molecule has 4 rings (SSSR count). The van der Waals surface area contributed by atoms with Crippen molar-refractivity contribution in [2.24, 2.45) is 0 Å². The van der Waals surface area contributed by atoms with Crippen LogP contribution in [0.3, 0.4) is 0 Å². The Kier molecular flexibility index (Phi) is 10.4. The van der Waals surface area contributed by atoms with Gasteiger partial charge < -0.3 is 0 Å². The first kappa shape index (κ1) is 28.4. The maximum Gasteiger partial charge on any atom is 0.163 e. The van der Waals surface area contributed by atoms with Gasteiger partial charge in [0.05, 0.1) is 0 Å². The summed E-state index contributed by atoms with van der Waals surface area (Å²) in [6.07, 6.45) is 19.1. The first-order chi connectivity index (χ1) is 18.7. The molecule has 3 aromatic carbocycles. The minimum atomic E-state index is -2.48. The second-order valence-electron chi connectivity index (χ2n) is 11.0. The maximum absolute atomic E-state index is 2.48. The van der Waals surface area contributed by atoms with E-state index in [-0.39, 0.29) is 0 Å². The van der Waals surface area contributed by atoms with Crippen LogP contribution in [-0.2, 0) is 19.3 Å². The fourth-order valence-electron chi connectivity index (χ4n) is 6.00.